The fourth-order valence-electron chi connectivity index (χ4n) is 4.14. The second kappa shape index (κ2) is 13.1. The monoisotopic (exact) mass is 552 g/mol. The summed E-state index contributed by atoms with van der Waals surface area (Å²) in [7, 11) is -0.119. The van der Waals surface area contributed by atoms with Crippen molar-refractivity contribution in [3.05, 3.63) is 16.7 Å². The highest BCUT2D eigenvalue weighted by Gasteiger charge is 2.48. The predicted octanol–water partition coefficient (Wildman–Crippen LogP) is 3.31. The van der Waals surface area contributed by atoms with Crippen LogP contribution < -0.4 is 10.9 Å². The van der Waals surface area contributed by atoms with Crippen molar-refractivity contribution in [3.63, 3.8) is 0 Å². The second-order valence-corrected chi connectivity index (χ2v) is 11.2. The first-order chi connectivity index (χ1) is 18.5. The number of amides is 1. The number of fused-ring (bicyclic) bond motifs is 1. The van der Waals surface area contributed by atoms with Crippen LogP contribution in [0.15, 0.2) is 11.1 Å². The van der Waals surface area contributed by atoms with Crippen LogP contribution in [-0.2, 0) is 23.3 Å². The van der Waals surface area contributed by atoms with Gasteiger partial charge in [0.2, 0.25) is 11.9 Å². The lowest BCUT2D eigenvalue weighted by atomic mass is 10.1. The Morgan fingerprint density at radius 3 is 2.63 bits per heavy atom. The smallest absolute Gasteiger partial charge is 0.280 e. The molecule has 2 N–H and O–H groups in total. The fourth-order valence-corrected chi connectivity index (χ4v) is 5.91. The van der Waals surface area contributed by atoms with E-state index in [0.29, 0.717) is 0 Å². The lowest BCUT2D eigenvalue weighted by Crippen LogP contribution is -2.39. The van der Waals surface area contributed by atoms with E-state index in [2.05, 4.69) is 31.0 Å². The van der Waals surface area contributed by atoms with Gasteiger partial charge in [0.05, 0.1) is 31.5 Å². The van der Waals surface area contributed by atoms with Crippen molar-refractivity contribution in [2.45, 2.75) is 91.5 Å². The molecule has 2 aromatic heterocycles. The van der Waals surface area contributed by atoms with E-state index in [-0.39, 0.29) is 60.9 Å². The number of nitrogens with zero attached hydrogens (tertiary/aromatic N) is 5. The minimum Gasteiger partial charge on any atom is -0.374 e. The van der Waals surface area contributed by atoms with Crippen LogP contribution in [0.4, 0.5) is 5.95 Å². The number of hydrogen-bond donors (Lipinski definition) is 2. The Bertz CT molecular complexity index is 1210. The van der Waals surface area contributed by atoms with Gasteiger partial charge in [0.15, 0.2) is 17.4 Å². The summed E-state index contributed by atoms with van der Waals surface area (Å²) >= 11 is 0. The second-order valence-electron chi connectivity index (χ2n) is 9.76. The van der Waals surface area contributed by atoms with Crippen LogP contribution in [-0.4, -0.2) is 74.2 Å². The maximum absolute atomic E-state index is 12.7. The quantitative estimate of drug-likeness (QED) is 0.296. The third kappa shape index (κ3) is 6.57. The highest BCUT2D eigenvalue weighted by Crippen LogP contribution is 2.50. The molecule has 0 aliphatic carbocycles. The van der Waals surface area contributed by atoms with Gasteiger partial charge in [0.25, 0.3) is 14.1 Å². The number of nitriles is 1. The molecular formula is C24H38N7O6P. The molecule has 3 rings (SSSR count). The molecule has 1 saturated heterocycles. The largest absolute Gasteiger partial charge is 0.374 e. The summed E-state index contributed by atoms with van der Waals surface area (Å²) in [6.07, 6.45) is -1.30. The summed E-state index contributed by atoms with van der Waals surface area (Å²) in [6, 6.07) is 2.25. The summed E-state index contributed by atoms with van der Waals surface area (Å²) in [5.74, 6) is -0.629. The molecule has 5 atom stereocenters. The number of carbonyl (C=O) groups excluding carboxylic acids is 1. The van der Waals surface area contributed by atoms with Crippen molar-refractivity contribution in [2.75, 3.05) is 19.0 Å². The Labute approximate surface area is 225 Å². The SMILES string of the molecule is [2H]C[C@H]1O[C@@H](n2cnc3c(=O)[nH]c(NC(=O)C(C)C)nc32)[C@H](OC)[C@@H]1OP(OCCC#N)N(C(C)C)C(C)C. The van der Waals surface area contributed by atoms with Crippen LogP contribution >= 0.6 is 8.53 Å². The first kappa shape index (κ1) is 28.5. The molecule has 13 nitrogen and oxygen atoms in total. The first-order valence-corrected chi connectivity index (χ1v) is 13.7. The Hall–Kier alpha value is -2.46. The highest BCUT2D eigenvalue weighted by molar-refractivity contribution is 7.44. The van der Waals surface area contributed by atoms with Gasteiger partial charge in [0.1, 0.15) is 12.2 Å². The number of H-pyrrole nitrogens is 1. The lowest BCUT2D eigenvalue weighted by Gasteiger charge is -2.37. The number of nitrogens with one attached hydrogen (secondary N) is 2. The third-order valence-electron chi connectivity index (χ3n) is 5.90. The van der Waals surface area contributed by atoms with E-state index < -0.39 is 38.6 Å². The highest BCUT2D eigenvalue weighted by atomic mass is 31.2. The van der Waals surface area contributed by atoms with Crippen LogP contribution in [0.25, 0.3) is 11.2 Å². The van der Waals surface area contributed by atoms with Gasteiger partial charge in [-0.15, -0.1) is 0 Å². The number of aromatic nitrogens is 4. The van der Waals surface area contributed by atoms with Crippen LogP contribution in [0.1, 0.15) is 62.5 Å². The van der Waals surface area contributed by atoms with Crippen molar-refractivity contribution in [2.24, 2.45) is 5.92 Å². The minimum absolute atomic E-state index is 0.0105. The first-order valence-electron chi connectivity index (χ1n) is 13.2. The van der Waals surface area contributed by atoms with Crippen molar-refractivity contribution in [1.29, 1.82) is 5.26 Å². The van der Waals surface area contributed by atoms with Gasteiger partial charge in [-0.2, -0.15) is 10.2 Å². The molecule has 38 heavy (non-hydrogen) atoms. The van der Waals surface area contributed by atoms with Gasteiger partial charge in [-0.05, 0) is 34.6 Å². The molecule has 0 aromatic carbocycles. The zero-order valence-electron chi connectivity index (χ0n) is 23.9. The molecule has 1 aliphatic rings. The van der Waals surface area contributed by atoms with Crippen molar-refractivity contribution >= 4 is 31.5 Å². The van der Waals surface area contributed by atoms with Crippen LogP contribution in [0.3, 0.4) is 0 Å². The molecule has 0 spiro atoms. The Morgan fingerprint density at radius 1 is 1.34 bits per heavy atom. The number of carbonyl (C=O) groups is 1. The Balaban J connectivity index is 1.98. The molecule has 1 aliphatic heterocycles. The summed E-state index contributed by atoms with van der Waals surface area (Å²) in [5.41, 5.74) is -0.267. The fraction of sp³-hybridized carbons (Fsp3) is 0.708. The minimum atomic E-state index is -1.63. The Kier molecular flexibility index (Phi) is 9.81. The van der Waals surface area contributed by atoms with Crippen LogP contribution in [0.2, 0.25) is 0 Å². The van der Waals surface area contributed by atoms with Crippen molar-refractivity contribution in [1.82, 2.24) is 24.2 Å². The zero-order valence-corrected chi connectivity index (χ0v) is 23.8. The van der Waals surface area contributed by atoms with E-state index in [1.807, 2.05) is 27.7 Å². The molecule has 0 bridgehead atoms. The van der Waals surface area contributed by atoms with Crippen LogP contribution in [0, 0.1) is 17.2 Å². The summed E-state index contributed by atoms with van der Waals surface area (Å²) in [6.45, 7) is 11.7. The molecule has 3 heterocycles. The van der Waals surface area contributed by atoms with E-state index in [0.717, 1.165) is 0 Å². The van der Waals surface area contributed by atoms with E-state index in [1.165, 1.54) is 13.4 Å². The van der Waals surface area contributed by atoms with Crippen LogP contribution in [0.5, 0.6) is 0 Å². The maximum atomic E-state index is 12.7. The molecule has 0 saturated carbocycles. The summed E-state index contributed by atoms with van der Waals surface area (Å²) in [5, 5.41) is 11.6. The molecule has 1 fully saturated rings. The Morgan fingerprint density at radius 2 is 2.05 bits per heavy atom. The third-order valence-corrected chi connectivity index (χ3v) is 8.03. The summed E-state index contributed by atoms with van der Waals surface area (Å²) in [4.78, 5) is 36.1. The standard InChI is InChI=1S/C24H38N7O6P/c1-13(2)21(32)28-24-27-20-17(22(33)29-24)26-12-30(20)23-19(34-8)18(16(7)36-23)37-38(35-11-9-10-25)31(14(3)4)15(5)6/h12-16,18-19,23H,9,11H2,1-8H3,(H2,27,28,29,32,33)/t16-,18-,19-,23-,38?/m1/s1/i7D. The molecular weight excluding hydrogens is 513 g/mol. The molecule has 1 unspecified atom stereocenters. The van der Waals surface area contributed by atoms with Gasteiger partial charge in [0, 0.05) is 26.5 Å². The molecule has 14 heteroatoms. The zero-order chi connectivity index (χ0) is 28.9. The van der Waals surface area contributed by atoms with Gasteiger partial charge >= 0.3 is 0 Å². The number of aromatic amines is 1. The number of methoxy groups -OCH3 is 1. The van der Waals surface area contributed by atoms with Gasteiger partial charge < -0.3 is 18.5 Å². The molecule has 2 aromatic rings. The van der Waals surface area contributed by atoms with Crippen molar-refractivity contribution < 1.29 is 24.7 Å². The van der Waals surface area contributed by atoms with Gasteiger partial charge in [-0.25, -0.2) is 9.65 Å². The topological polar surface area (TPSA) is 157 Å². The average molecular weight is 553 g/mol. The number of anilines is 1. The molecule has 0 radical (unpaired) electrons. The molecule has 1 amide bonds. The predicted molar refractivity (Wildman–Crippen MR) is 142 cm³/mol. The van der Waals surface area contributed by atoms with E-state index in [1.54, 1.807) is 18.4 Å². The molecule has 210 valence electrons. The van der Waals surface area contributed by atoms with E-state index >= 15 is 0 Å². The van der Waals surface area contributed by atoms with Crippen molar-refractivity contribution in [3.8, 4) is 6.07 Å². The average Bonchev–Trinajstić information content (AvgIpc) is 3.44. The number of imidazole rings is 1. The van der Waals surface area contributed by atoms with E-state index in [9.17, 15) is 9.59 Å². The summed E-state index contributed by atoms with van der Waals surface area (Å²) < 4.78 is 36.5. The van der Waals surface area contributed by atoms with E-state index in [4.69, 9.17) is 25.2 Å². The lowest BCUT2D eigenvalue weighted by molar-refractivity contribution is -0.118. The number of ether oxygens (including phenoxy) is 2. The number of hydrogen-bond acceptors (Lipinski definition) is 10. The normalized spacial score (nSPS) is 22.9. The number of rotatable bonds is 12. The maximum Gasteiger partial charge on any atom is 0.280 e. The van der Waals surface area contributed by atoms with Gasteiger partial charge in [-0.1, -0.05) is 13.8 Å². The van der Waals surface area contributed by atoms with Gasteiger partial charge in [-0.3, -0.25) is 24.5 Å².